The van der Waals surface area contributed by atoms with Crippen molar-refractivity contribution >= 4 is 70.6 Å². The first kappa shape index (κ1) is 76.6. The zero-order valence-corrected chi connectivity index (χ0v) is 63.9. The topological polar surface area (TPSA) is 450 Å². The summed E-state index contributed by atoms with van der Waals surface area (Å²) in [6.07, 6.45) is 23.0. The molecule has 33 heteroatoms. The van der Waals surface area contributed by atoms with Gasteiger partial charge in [-0.1, -0.05) is 115 Å². The van der Waals surface area contributed by atoms with Crippen LogP contribution in [0.2, 0.25) is 0 Å². The number of aromatic nitrogens is 16. The van der Waals surface area contributed by atoms with Crippen LogP contribution in [0.15, 0.2) is 194 Å². The Morgan fingerprint density at radius 2 is 0.726 bits per heavy atom. The Morgan fingerprint density at radius 1 is 0.419 bits per heavy atom. The number of nitrogens with zero attached hydrogens (tertiary/aromatic N) is 16. The Kier molecular flexibility index (Phi) is 21.6. The third kappa shape index (κ3) is 16.7. The number of nitrogens with one attached hydrogen (secondary N) is 7. The first-order chi connectivity index (χ1) is 56.8. The normalized spacial score (nSPS) is 22.7. The maximum Gasteiger partial charge on any atom is 0.375 e. The molecule has 8 aromatic heterocycles. The second-order valence-corrected chi connectivity index (χ2v) is 30.0. The summed E-state index contributed by atoms with van der Waals surface area (Å²) in [5.74, 6) is 3.78. The van der Waals surface area contributed by atoms with Crippen molar-refractivity contribution in [3.8, 4) is 0 Å². The van der Waals surface area contributed by atoms with Gasteiger partial charge in [0.15, 0.2) is 0 Å². The highest BCUT2D eigenvalue weighted by Crippen LogP contribution is 2.57. The molecule has 12 atom stereocenters. The number of H-pyrrole nitrogens is 4. The van der Waals surface area contributed by atoms with E-state index in [0.29, 0.717) is 78.3 Å². The number of carbonyl (C=O) groups excluding carboxylic acids is 7. The van der Waals surface area contributed by atoms with Crippen LogP contribution in [0.4, 0.5) is 23.3 Å². The molecule has 12 heterocycles. The molecule has 7 amide bonds. The first-order valence-electron chi connectivity index (χ1n) is 38.3. The molecule has 20 rings (SSSR count). The van der Waals surface area contributed by atoms with Crippen molar-refractivity contribution in [2.24, 2.45) is 29.4 Å². The second-order valence-electron chi connectivity index (χ2n) is 30.0. The lowest BCUT2D eigenvalue weighted by atomic mass is 10.1. The van der Waals surface area contributed by atoms with Crippen LogP contribution in [0.5, 0.6) is 0 Å². The van der Waals surface area contributed by atoms with Crippen LogP contribution in [0.1, 0.15) is 154 Å². The number of carboxylic acid groups (broad SMARTS) is 1. The Bertz CT molecular complexity index is 5510. The standard InChI is InChI=1S/2C21H20N6O2.C21H18N6O2.C11H13N3O.C10H9N3O2/c3*1-27-19-13(8-5-9-22-19)14-11-15(14)17(21(27)29)24-20(28)18-23-16(25-26-18)10-12-6-3-2-4-7-12;1-14-10-6(3-2-4-13-10)7-5-8(7)9(12)11(14)15;14-10(15)9-11-8(12-13-9)6-7-4-2-1-3-5-7/h2*2-9,14-15,17H,10-11H2,1H3,(H,24,28)(H,23,25,26);3-9,14-15,17H,10-11H2,1H3,(H-,23,24,25,26,28);2-4,7-9H,5,12H2,1H3;1-5H,6H2,(H,14,15)(H,11,12,13)/p+1/t14-,15?,17-;2*14-,15-,17-;7-,8?,9-;/m0010./s1. The summed E-state index contributed by atoms with van der Waals surface area (Å²) in [4.78, 5) is 140. The minimum atomic E-state index is -1.12. The predicted octanol–water partition coefficient (Wildman–Crippen LogP) is 6.40. The number of hydrogen-bond acceptors (Lipinski definition) is 21. The Morgan fingerprint density at radius 3 is 1.05 bits per heavy atom. The van der Waals surface area contributed by atoms with Gasteiger partial charge < -0.3 is 26.8 Å². The molecular formula is C84H81N24O9+. The average Bonchev–Trinajstić information content (AvgIpc) is 1.61. The molecule has 0 saturated heterocycles. The fourth-order valence-electron chi connectivity index (χ4n) is 15.8. The molecule has 4 saturated carbocycles. The van der Waals surface area contributed by atoms with E-state index in [9.17, 15) is 38.4 Å². The number of aromatic carboxylic acids is 1. The third-order valence-corrected chi connectivity index (χ3v) is 22.2. The van der Waals surface area contributed by atoms with E-state index in [2.05, 4.69) is 109 Å². The van der Waals surface area contributed by atoms with Crippen LogP contribution >= 0.6 is 0 Å². The predicted molar refractivity (Wildman–Crippen MR) is 425 cm³/mol. The van der Waals surface area contributed by atoms with Crippen molar-refractivity contribution in [1.29, 1.82) is 0 Å². The van der Waals surface area contributed by atoms with E-state index in [1.54, 1.807) is 57.9 Å². The third-order valence-electron chi connectivity index (χ3n) is 22.2. The van der Waals surface area contributed by atoms with Gasteiger partial charge in [-0.25, -0.2) is 44.7 Å². The lowest BCUT2D eigenvalue weighted by Gasteiger charge is -2.22. The van der Waals surface area contributed by atoms with Gasteiger partial charge in [-0.3, -0.25) is 73.6 Å². The number of carbonyl (C=O) groups is 8. The van der Waals surface area contributed by atoms with Crippen molar-refractivity contribution in [3.63, 3.8) is 0 Å². The number of hydrogen-bond donors (Lipinski definition) is 9. The van der Waals surface area contributed by atoms with E-state index in [4.69, 9.17) is 10.8 Å². The minimum absolute atomic E-state index is 0.0139. The molecule has 4 aliphatic heterocycles. The van der Waals surface area contributed by atoms with Gasteiger partial charge in [-0.15, -0.1) is 20.4 Å². The van der Waals surface area contributed by atoms with Crippen molar-refractivity contribution in [1.82, 2.24) is 96.6 Å². The molecule has 33 nitrogen and oxygen atoms in total. The molecule has 11 aromatic rings. The molecule has 9 aliphatic rings. The number of allylic oxidation sites excluding steroid dienone is 6. The number of aromatic amines is 4. The number of fused-ring (bicyclic) bond motifs is 12. The summed E-state index contributed by atoms with van der Waals surface area (Å²) in [5, 5.41) is 43.9. The highest BCUT2D eigenvalue weighted by molar-refractivity contribution is 6.05. The van der Waals surface area contributed by atoms with Crippen LogP contribution < -0.4 is 41.3 Å². The molecule has 10 N–H and O–H groups in total. The molecular weight excluding hydrogens is 1490 g/mol. The zero-order valence-electron chi connectivity index (χ0n) is 63.9. The second kappa shape index (κ2) is 33.0. The summed E-state index contributed by atoms with van der Waals surface area (Å²) < 4.78 is 0. The monoisotopic (exact) mass is 1570 g/mol. The fraction of sp³-hybridized carbons (Fsp3) is 0.286. The van der Waals surface area contributed by atoms with E-state index < -0.39 is 41.8 Å². The molecule has 4 fully saturated rings. The van der Waals surface area contributed by atoms with E-state index >= 15 is 0 Å². The smallest absolute Gasteiger partial charge is 0.375 e. The highest BCUT2D eigenvalue weighted by Gasteiger charge is 2.56. The maximum atomic E-state index is 13.0. The number of benzene rings is 3. The van der Waals surface area contributed by atoms with Crippen LogP contribution in [-0.4, -0.2) is 185 Å². The number of amides is 7. The molecule has 0 radical (unpaired) electrons. The quantitative estimate of drug-likeness (QED) is 0.0501. The Hall–Kier alpha value is -14.3. The molecule has 3 aromatic carbocycles. The summed E-state index contributed by atoms with van der Waals surface area (Å²) in [6, 6.07) is 42.8. The average molecular weight is 1570 g/mol. The molecule has 0 bridgehead atoms. The molecule has 117 heavy (non-hydrogen) atoms. The summed E-state index contributed by atoms with van der Waals surface area (Å²) in [7, 11) is 6.84. The minimum Gasteiger partial charge on any atom is -0.475 e. The van der Waals surface area contributed by atoms with E-state index in [0.717, 1.165) is 70.5 Å². The molecule has 5 aliphatic carbocycles. The van der Waals surface area contributed by atoms with Gasteiger partial charge in [0.05, 0.1) is 30.2 Å². The number of pyridine rings is 4. The summed E-state index contributed by atoms with van der Waals surface area (Å²) >= 11 is 0. The Balaban J connectivity index is 0.000000112. The Labute approximate surface area is 669 Å². The van der Waals surface area contributed by atoms with Crippen LogP contribution in [-0.2, 0) is 44.9 Å². The highest BCUT2D eigenvalue weighted by atomic mass is 16.4. The van der Waals surface area contributed by atoms with Gasteiger partial charge in [0.2, 0.25) is 23.4 Å². The number of nitrogens with two attached hydrogens (primary N) is 1. The summed E-state index contributed by atoms with van der Waals surface area (Å²) in [5.41, 5.74) is 14.5. The van der Waals surface area contributed by atoms with Gasteiger partial charge >= 0.3 is 5.97 Å². The maximum absolute atomic E-state index is 13.0. The largest absolute Gasteiger partial charge is 0.475 e. The van der Waals surface area contributed by atoms with Gasteiger partial charge in [0.1, 0.15) is 76.8 Å². The SMILES string of the molecule is CN1C(=O)[C@@H](N)C2C[C@H]2c2cccnc21.CN1C(=O)[C@@H](NC(=O)c2n[nH]c(Cc3ccccc3)n2)C2C[C@H]2c2cccnc21.CN1C(=O)[C@@H](NC(=O)c2n[nH]c(Cc3ccccc3)n2)[C@H]2C[C@H]2c2cccnc21.CN1C(=O)[C@H](NC(=O)c2n[nH]c(CC3=CC=[C+]C=C3)n2)[C@@H]2C[C@@H]2c2cccnc21.O=C(O)c1n[nH]c(Cc2ccccc2)n1. The molecule has 2 unspecified atom stereocenters. The first-order valence-corrected chi connectivity index (χ1v) is 38.3. The van der Waals surface area contributed by atoms with Crippen molar-refractivity contribution in [3.05, 3.63) is 286 Å². The fourth-order valence-corrected chi connectivity index (χ4v) is 15.8. The number of likely N-dealkylation sites (N-methyl/N-ethyl adjacent to an activating group) is 4. The molecule has 590 valence electrons. The van der Waals surface area contributed by atoms with E-state index in [1.807, 2.05) is 158 Å². The van der Waals surface area contributed by atoms with E-state index in [-0.39, 0.29) is 88.5 Å². The lowest BCUT2D eigenvalue weighted by molar-refractivity contribution is -0.121. The van der Waals surface area contributed by atoms with Gasteiger partial charge in [0, 0.05) is 78.3 Å². The van der Waals surface area contributed by atoms with Crippen LogP contribution in [0.25, 0.3) is 0 Å². The zero-order chi connectivity index (χ0) is 81.1. The lowest BCUT2D eigenvalue weighted by Crippen LogP contribution is -2.48. The number of carboxylic acids is 1. The summed E-state index contributed by atoms with van der Waals surface area (Å²) in [6.45, 7) is 0. The van der Waals surface area contributed by atoms with Crippen molar-refractivity contribution < 1.29 is 43.5 Å². The van der Waals surface area contributed by atoms with Crippen molar-refractivity contribution in [2.45, 2.75) is 99.2 Å². The molecule has 0 spiro atoms. The number of anilines is 4. The van der Waals surface area contributed by atoms with Gasteiger partial charge in [-0.05, 0) is 136 Å². The van der Waals surface area contributed by atoms with Gasteiger partial charge in [0.25, 0.3) is 41.3 Å². The van der Waals surface area contributed by atoms with Crippen LogP contribution in [0, 0.1) is 29.7 Å². The van der Waals surface area contributed by atoms with Crippen LogP contribution in [0.3, 0.4) is 0 Å². The van der Waals surface area contributed by atoms with Gasteiger partial charge in [-0.2, -0.15) is 0 Å². The van der Waals surface area contributed by atoms with Crippen molar-refractivity contribution in [2.75, 3.05) is 47.8 Å². The number of rotatable bonds is 15. The van der Waals surface area contributed by atoms with E-state index in [1.165, 1.54) is 20.3 Å².